The zero-order chi connectivity index (χ0) is 14.9. The molecule has 1 saturated carbocycles. The highest BCUT2D eigenvalue weighted by Gasteiger charge is 2.35. The Hall–Kier alpha value is -1.39. The molecule has 4 N–H and O–H groups in total. The lowest BCUT2D eigenvalue weighted by atomic mass is 9.80. The molecular weight excluding hydrogens is 264 g/mol. The number of hydrogen-bond acceptors (Lipinski definition) is 3. The van der Waals surface area contributed by atoms with Crippen molar-refractivity contribution < 1.29 is 9.90 Å². The Morgan fingerprint density at radius 3 is 2.76 bits per heavy atom. The SMILES string of the molecule is NC1(CC(=O)N[C@@H]2c3ccccc3C[C@@H]2O)CCCCC1. The van der Waals surface area contributed by atoms with Crippen LogP contribution in [0.15, 0.2) is 24.3 Å². The molecule has 2 aliphatic carbocycles. The van der Waals surface area contributed by atoms with Gasteiger partial charge in [-0.25, -0.2) is 0 Å². The van der Waals surface area contributed by atoms with Crippen LogP contribution in [0.3, 0.4) is 0 Å². The van der Waals surface area contributed by atoms with Gasteiger partial charge in [0.05, 0.1) is 12.1 Å². The maximum atomic E-state index is 12.3. The minimum Gasteiger partial charge on any atom is -0.390 e. The van der Waals surface area contributed by atoms with Crippen LogP contribution in [0.25, 0.3) is 0 Å². The molecule has 4 nitrogen and oxygen atoms in total. The third-order valence-electron chi connectivity index (χ3n) is 4.88. The number of nitrogens with two attached hydrogens (primary N) is 1. The number of carbonyl (C=O) groups excluding carboxylic acids is 1. The molecule has 4 heteroatoms. The second-order valence-corrected chi connectivity index (χ2v) is 6.62. The van der Waals surface area contributed by atoms with Crippen LogP contribution in [0.4, 0.5) is 0 Å². The Balaban J connectivity index is 1.65. The Morgan fingerprint density at radius 1 is 1.29 bits per heavy atom. The Morgan fingerprint density at radius 2 is 2.00 bits per heavy atom. The van der Waals surface area contributed by atoms with Crippen LogP contribution >= 0.6 is 0 Å². The summed E-state index contributed by atoms with van der Waals surface area (Å²) in [6.07, 6.45) is 5.71. The number of nitrogens with one attached hydrogen (secondary N) is 1. The zero-order valence-electron chi connectivity index (χ0n) is 12.3. The summed E-state index contributed by atoms with van der Waals surface area (Å²) in [7, 11) is 0. The van der Waals surface area contributed by atoms with Crippen LogP contribution in [0.1, 0.15) is 55.7 Å². The van der Waals surface area contributed by atoms with Crippen molar-refractivity contribution in [3.8, 4) is 0 Å². The second-order valence-electron chi connectivity index (χ2n) is 6.62. The number of hydrogen-bond donors (Lipinski definition) is 3. The molecule has 0 aromatic heterocycles. The van der Waals surface area contributed by atoms with Gasteiger partial charge in [-0.1, -0.05) is 43.5 Å². The van der Waals surface area contributed by atoms with E-state index >= 15 is 0 Å². The van der Waals surface area contributed by atoms with E-state index in [0.29, 0.717) is 12.8 Å². The van der Waals surface area contributed by atoms with Gasteiger partial charge in [0.1, 0.15) is 0 Å². The first-order valence-corrected chi connectivity index (χ1v) is 7.92. The Bertz CT molecular complexity index is 523. The van der Waals surface area contributed by atoms with E-state index in [1.165, 1.54) is 6.42 Å². The van der Waals surface area contributed by atoms with Gasteiger partial charge >= 0.3 is 0 Å². The minimum absolute atomic E-state index is 0.0415. The first kappa shape index (κ1) is 14.5. The van der Waals surface area contributed by atoms with Crippen LogP contribution in [-0.2, 0) is 11.2 Å². The fourth-order valence-corrected chi connectivity index (χ4v) is 3.72. The van der Waals surface area contributed by atoms with E-state index in [4.69, 9.17) is 5.73 Å². The molecule has 0 aliphatic heterocycles. The Labute approximate surface area is 125 Å². The third kappa shape index (κ3) is 3.11. The van der Waals surface area contributed by atoms with Gasteiger partial charge in [-0.05, 0) is 24.0 Å². The predicted molar refractivity (Wildman–Crippen MR) is 81.7 cm³/mol. The molecule has 0 saturated heterocycles. The summed E-state index contributed by atoms with van der Waals surface area (Å²) in [5, 5.41) is 13.2. The molecule has 3 rings (SSSR count). The van der Waals surface area contributed by atoms with E-state index in [1.54, 1.807) is 0 Å². The lowest BCUT2D eigenvalue weighted by Gasteiger charge is -2.33. The first-order chi connectivity index (χ1) is 10.1. The molecule has 0 heterocycles. The zero-order valence-corrected chi connectivity index (χ0v) is 12.3. The van der Waals surface area contributed by atoms with Crippen molar-refractivity contribution in [1.29, 1.82) is 0 Å². The quantitative estimate of drug-likeness (QED) is 0.794. The molecular formula is C17H24N2O2. The van der Waals surface area contributed by atoms with E-state index in [-0.39, 0.29) is 17.5 Å². The topological polar surface area (TPSA) is 75.4 Å². The Kier molecular flexibility index (Phi) is 4.00. The van der Waals surface area contributed by atoms with E-state index in [1.807, 2.05) is 24.3 Å². The van der Waals surface area contributed by atoms with Crippen LogP contribution < -0.4 is 11.1 Å². The van der Waals surface area contributed by atoms with E-state index < -0.39 is 6.10 Å². The van der Waals surface area contributed by atoms with Crippen LogP contribution in [0.5, 0.6) is 0 Å². The maximum absolute atomic E-state index is 12.3. The molecule has 0 bridgehead atoms. The number of carbonyl (C=O) groups is 1. The lowest BCUT2D eigenvalue weighted by Crippen LogP contribution is -2.47. The molecule has 0 spiro atoms. The summed E-state index contributed by atoms with van der Waals surface area (Å²) in [6.45, 7) is 0. The van der Waals surface area contributed by atoms with Gasteiger partial charge in [-0.2, -0.15) is 0 Å². The predicted octanol–water partition coefficient (Wildman–Crippen LogP) is 1.81. The van der Waals surface area contributed by atoms with Crippen LogP contribution in [0.2, 0.25) is 0 Å². The van der Waals surface area contributed by atoms with Crippen LogP contribution in [0, 0.1) is 0 Å². The highest BCUT2D eigenvalue weighted by Crippen LogP contribution is 2.32. The molecule has 1 aromatic rings. The molecule has 1 amide bonds. The summed E-state index contributed by atoms with van der Waals surface area (Å²) >= 11 is 0. The fourth-order valence-electron chi connectivity index (χ4n) is 3.72. The summed E-state index contributed by atoms with van der Waals surface area (Å²) in [6, 6.07) is 7.61. The normalized spacial score (nSPS) is 27.1. The van der Waals surface area contributed by atoms with Gasteiger partial charge in [0.15, 0.2) is 0 Å². The first-order valence-electron chi connectivity index (χ1n) is 7.92. The second kappa shape index (κ2) is 5.78. The lowest BCUT2D eigenvalue weighted by molar-refractivity contribution is -0.124. The standard InChI is InChI=1S/C17H24N2O2/c18-17(8-4-1-5-9-17)11-15(21)19-16-13-7-3-2-6-12(13)10-14(16)20/h2-3,6-7,14,16,20H,1,4-5,8-11,18H2,(H,19,21)/t14-,16+/m0/s1. The summed E-state index contributed by atoms with van der Waals surface area (Å²) in [5.41, 5.74) is 8.14. The van der Waals surface area contributed by atoms with Crippen molar-refractivity contribution in [2.75, 3.05) is 0 Å². The van der Waals surface area contributed by atoms with Gasteiger partial charge in [0.2, 0.25) is 5.91 Å². The van der Waals surface area contributed by atoms with Gasteiger partial charge in [-0.3, -0.25) is 4.79 Å². The average molecular weight is 288 g/mol. The molecule has 21 heavy (non-hydrogen) atoms. The van der Waals surface area contributed by atoms with Gasteiger partial charge in [0.25, 0.3) is 0 Å². The van der Waals surface area contributed by atoms with Crippen molar-refractivity contribution in [3.63, 3.8) is 0 Å². The largest absolute Gasteiger partial charge is 0.390 e. The van der Waals surface area contributed by atoms with Crippen molar-refractivity contribution in [3.05, 3.63) is 35.4 Å². The number of amides is 1. The number of aliphatic hydroxyl groups excluding tert-OH is 1. The number of aliphatic hydroxyl groups is 1. The van der Waals surface area contributed by atoms with Crippen molar-refractivity contribution in [2.24, 2.45) is 5.73 Å². The van der Waals surface area contributed by atoms with Crippen molar-refractivity contribution in [2.45, 2.75) is 62.6 Å². The smallest absolute Gasteiger partial charge is 0.222 e. The number of fused-ring (bicyclic) bond motifs is 1. The summed E-state index contributed by atoms with van der Waals surface area (Å²) in [4.78, 5) is 12.3. The van der Waals surface area contributed by atoms with Crippen molar-refractivity contribution in [1.82, 2.24) is 5.32 Å². The minimum atomic E-state index is -0.536. The molecule has 0 radical (unpaired) electrons. The molecule has 2 aliphatic rings. The van der Waals surface area contributed by atoms with E-state index in [2.05, 4.69) is 5.32 Å². The fraction of sp³-hybridized carbons (Fsp3) is 0.588. The van der Waals surface area contributed by atoms with Gasteiger partial charge in [0, 0.05) is 18.4 Å². The van der Waals surface area contributed by atoms with E-state index in [9.17, 15) is 9.90 Å². The average Bonchev–Trinajstić information content (AvgIpc) is 2.75. The third-order valence-corrected chi connectivity index (χ3v) is 4.88. The van der Waals surface area contributed by atoms with Crippen LogP contribution in [-0.4, -0.2) is 22.7 Å². The van der Waals surface area contributed by atoms with Gasteiger partial charge in [-0.15, -0.1) is 0 Å². The monoisotopic (exact) mass is 288 g/mol. The number of benzene rings is 1. The van der Waals surface area contributed by atoms with Gasteiger partial charge < -0.3 is 16.2 Å². The summed E-state index contributed by atoms with van der Waals surface area (Å²) < 4.78 is 0. The van der Waals surface area contributed by atoms with E-state index in [0.717, 1.165) is 36.8 Å². The highest BCUT2D eigenvalue weighted by atomic mass is 16.3. The molecule has 0 unspecified atom stereocenters. The highest BCUT2D eigenvalue weighted by molar-refractivity contribution is 5.78. The maximum Gasteiger partial charge on any atom is 0.222 e. The molecule has 114 valence electrons. The molecule has 1 fully saturated rings. The van der Waals surface area contributed by atoms with Crippen molar-refractivity contribution >= 4 is 5.91 Å². The molecule has 2 atom stereocenters. The molecule has 1 aromatic carbocycles. The summed E-state index contributed by atoms with van der Waals surface area (Å²) in [5.74, 6) is -0.0415. The number of rotatable bonds is 3.